The maximum atomic E-state index is 12.2. The van der Waals surface area contributed by atoms with Gasteiger partial charge < -0.3 is 10.6 Å². The topological polar surface area (TPSA) is 58.2 Å². The number of hydrogen-bond donors (Lipinski definition) is 2. The molecule has 29 heavy (non-hydrogen) atoms. The summed E-state index contributed by atoms with van der Waals surface area (Å²) in [6.45, 7) is 0. The first-order valence-electron chi connectivity index (χ1n) is 8.45. The molecule has 8 heteroatoms. The number of thioether (sulfide) groups is 1. The molecule has 0 heterocycles. The molecule has 0 unspecified atom stereocenters. The van der Waals surface area contributed by atoms with Crippen molar-refractivity contribution in [3.63, 3.8) is 0 Å². The molecule has 0 aromatic heterocycles. The third kappa shape index (κ3) is 6.41. The van der Waals surface area contributed by atoms with E-state index in [1.165, 1.54) is 11.8 Å². The summed E-state index contributed by atoms with van der Waals surface area (Å²) < 4.78 is 0. The Morgan fingerprint density at radius 1 is 0.828 bits per heavy atom. The predicted octanol–water partition coefficient (Wildman–Crippen LogP) is 6.63. The van der Waals surface area contributed by atoms with Crippen molar-refractivity contribution in [2.45, 2.75) is 4.90 Å². The molecule has 0 radical (unpaired) electrons. The molecule has 3 aromatic carbocycles. The van der Waals surface area contributed by atoms with Gasteiger partial charge in [-0.25, -0.2) is 0 Å². The Morgan fingerprint density at radius 3 is 2.28 bits per heavy atom. The standard InChI is InChI=1S/C21H15Cl3N2O2S/c22-14-3-1-2-13(10-14)21(28)25-16-5-7-17(8-6-16)29-12-20(27)26-19-11-15(23)4-9-18(19)24/h1-11H,12H2,(H,25,28)(H,26,27). The van der Waals surface area contributed by atoms with Gasteiger partial charge in [-0.3, -0.25) is 9.59 Å². The first-order valence-corrected chi connectivity index (χ1v) is 10.6. The number of carbonyl (C=O) groups excluding carboxylic acids is 2. The van der Waals surface area contributed by atoms with E-state index in [0.29, 0.717) is 32.0 Å². The molecule has 3 aromatic rings. The summed E-state index contributed by atoms with van der Waals surface area (Å²) in [6.07, 6.45) is 0. The molecule has 0 saturated carbocycles. The molecule has 0 aliphatic carbocycles. The van der Waals surface area contributed by atoms with Crippen LogP contribution in [0.4, 0.5) is 11.4 Å². The van der Waals surface area contributed by atoms with Gasteiger partial charge in [0.15, 0.2) is 0 Å². The van der Waals surface area contributed by atoms with Crippen LogP contribution in [-0.2, 0) is 4.79 Å². The quantitative estimate of drug-likeness (QED) is 0.402. The fourth-order valence-corrected chi connectivity index (χ4v) is 3.62. The number of carbonyl (C=O) groups is 2. The minimum atomic E-state index is -0.245. The minimum absolute atomic E-state index is 0.197. The third-order valence-electron chi connectivity index (χ3n) is 3.77. The van der Waals surface area contributed by atoms with Gasteiger partial charge in [0.2, 0.25) is 5.91 Å². The van der Waals surface area contributed by atoms with Crippen molar-refractivity contribution in [2.75, 3.05) is 16.4 Å². The second kappa shape index (κ2) is 10.0. The summed E-state index contributed by atoms with van der Waals surface area (Å²) in [7, 11) is 0. The number of halogens is 3. The first kappa shape index (κ1) is 21.5. The van der Waals surface area contributed by atoms with Gasteiger partial charge in [-0.05, 0) is 60.7 Å². The van der Waals surface area contributed by atoms with Crippen LogP contribution in [0.15, 0.2) is 71.6 Å². The van der Waals surface area contributed by atoms with Crippen LogP contribution in [-0.4, -0.2) is 17.6 Å². The summed E-state index contributed by atoms with van der Waals surface area (Å²) in [5, 5.41) is 6.96. The molecule has 3 rings (SSSR count). The second-order valence-corrected chi connectivity index (χ2v) is 8.28. The van der Waals surface area contributed by atoms with Crippen molar-refractivity contribution >= 4 is 69.8 Å². The van der Waals surface area contributed by atoms with Crippen molar-refractivity contribution < 1.29 is 9.59 Å². The van der Waals surface area contributed by atoms with Gasteiger partial charge in [-0.15, -0.1) is 11.8 Å². The number of rotatable bonds is 6. The van der Waals surface area contributed by atoms with Crippen LogP contribution in [0.25, 0.3) is 0 Å². The maximum Gasteiger partial charge on any atom is 0.255 e. The highest BCUT2D eigenvalue weighted by atomic mass is 35.5. The maximum absolute atomic E-state index is 12.2. The molecule has 148 valence electrons. The zero-order chi connectivity index (χ0) is 20.8. The van der Waals surface area contributed by atoms with Gasteiger partial charge in [0.25, 0.3) is 5.91 Å². The van der Waals surface area contributed by atoms with Crippen LogP contribution >= 0.6 is 46.6 Å². The van der Waals surface area contributed by atoms with E-state index in [0.717, 1.165) is 4.90 Å². The zero-order valence-corrected chi connectivity index (χ0v) is 18.0. The summed E-state index contributed by atoms with van der Waals surface area (Å²) in [6, 6.07) is 18.8. The molecule has 4 nitrogen and oxygen atoms in total. The fraction of sp³-hybridized carbons (Fsp3) is 0.0476. The summed E-state index contributed by atoms with van der Waals surface area (Å²) in [4.78, 5) is 25.3. The van der Waals surface area contributed by atoms with Crippen molar-refractivity contribution in [2.24, 2.45) is 0 Å². The summed E-state index contributed by atoms with van der Waals surface area (Å²) in [5.41, 5.74) is 1.60. The highest BCUT2D eigenvalue weighted by molar-refractivity contribution is 8.00. The van der Waals surface area contributed by atoms with E-state index in [-0.39, 0.29) is 17.6 Å². The van der Waals surface area contributed by atoms with Gasteiger partial charge in [0.05, 0.1) is 16.5 Å². The number of hydrogen-bond acceptors (Lipinski definition) is 3. The van der Waals surface area contributed by atoms with Crippen LogP contribution in [0.5, 0.6) is 0 Å². The van der Waals surface area contributed by atoms with Gasteiger partial charge in [-0.2, -0.15) is 0 Å². The number of anilines is 2. The summed E-state index contributed by atoms with van der Waals surface area (Å²) >= 11 is 19.2. The number of nitrogens with one attached hydrogen (secondary N) is 2. The van der Waals surface area contributed by atoms with Crippen LogP contribution in [0.2, 0.25) is 15.1 Å². The van der Waals surface area contributed by atoms with E-state index < -0.39 is 0 Å². The van der Waals surface area contributed by atoms with E-state index in [4.69, 9.17) is 34.8 Å². The first-order chi connectivity index (χ1) is 13.9. The van der Waals surface area contributed by atoms with Crippen LogP contribution in [0, 0.1) is 0 Å². The van der Waals surface area contributed by atoms with E-state index >= 15 is 0 Å². The lowest BCUT2D eigenvalue weighted by atomic mass is 10.2. The molecule has 0 fully saturated rings. The van der Waals surface area contributed by atoms with E-state index in [1.54, 1.807) is 54.6 Å². The minimum Gasteiger partial charge on any atom is -0.324 e. The number of amides is 2. The average molecular weight is 466 g/mol. The van der Waals surface area contributed by atoms with Crippen LogP contribution in [0.1, 0.15) is 10.4 Å². The molecule has 0 aliphatic rings. The highest BCUT2D eigenvalue weighted by Crippen LogP contribution is 2.26. The Bertz CT molecular complexity index is 1040. The Balaban J connectivity index is 1.53. The molecule has 0 atom stereocenters. The SMILES string of the molecule is O=C(CSc1ccc(NC(=O)c2cccc(Cl)c2)cc1)Nc1cc(Cl)ccc1Cl. The Morgan fingerprint density at radius 2 is 1.55 bits per heavy atom. The van der Waals surface area contributed by atoms with Gasteiger partial charge >= 0.3 is 0 Å². The molecule has 0 aliphatic heterocycles. The van der Waals surface area contributed by atoms with Gasteiger partial charge in [-0.1, -0.05) is 40.9 Å². The fourth-order valence-electron chi connectivity index (χ4n) is 2.40. The molecular formula is C21H15Cl3N2O2S. The zero-order valence-electron chi connectivity index (χ0n) is 14.9. The lowest BCUT2D eigenvalue weighted by Crippen LogP contribution is -2.14. The normalized spacial score (nSPS) is 10.4. The van der Waals surface area contributed by atoms with Crippen LogP contribution < -0.4 is 10.6 Å². The Kier molecular flexibility index (Phi) is 7.45. The predicted molar refractivity (Wildman–Crippen MR) is 122 cm³/mol. The largest absolute Gasteiger partial charge is 0.324 e. The summed E-state index contributed by atoms with van der Waals surface area (Å²) in [5.74, 6) is -0.236. The Hall–Kier alpha value is -2.18. The average Bonchev–Trinajstić information content (AvgIpc) is 2.70. The molecule has 0 bridgehead atoms. The molecular weight excluding hydrogens is 451 g/mol. The molecule has 2 amide bonds. The van der Waals surface area contributed by atoms with E-state index in [2.05, 4.69) is 10.6 Å². The molecule has 0 spiro atoms. The van der Waals surface area contributed by atoms with E-state index in [9.17, 15) is 9.59 Å². The van der Waals surface area contributed by atoms with Crippen molar-refractivity contribution in [3.8, 4) is 0 Å². The highest BCUT2D eigenvalue weighted by Gasteiger charge is 2.09. The lowest BCUT2D eigenvalue weighted by molar-refractivity contribution is -0.113. The van der Waals surface area contributed by atoms with Crippen molar-refractivity contribution in [3.05, 3.63) is 87.4 Å². The third-order valence-corrected chi connectivity index (χ3v) is 5.58. The van der Waals surface area contributed by atoms with Gasteiger partial charge in [0.1, 0.15) is 0 Å². The van der Waals surface area contributed by atoms with E-state index in [1.807, 2.05) is 12.1 Å². The lowest BCUT2D eigenvalue weighted by Gasteiger charge is -2.09. The Labute approximate surface area is 187 Å². The van der Waals surface area contributed by atoms with Crippen LogP contribution in [0.3, 0.4) is 0 Å². The molecule has 0 saturated heterocycles. The molecule has 2 N–H and O–H groups in total. The van der Waals surface area contributed by atoms with Crippen molar-refractivity contribution in [1.29, 1.82) is 0 Å². The smallest absolute Gasteiger partial charge is 0.255 e. The number of benzene rings is 3. The monoisotopic (exact) mass is 464 g/mol. The van der Waals surface area contributed by atoms with Crippen molar-refractivity contribution in [1.82, 2.24) is 0 Å². The van der Waals surface area contributed by atoms with Gasteiger partial charge in [0, 0.05) is 26.2 Å². The second-order valence-electron chi connectivity index (χ2n) is 5.95.